The molecule has 0 spiro atoms. The predicted molar refractivity (Wildman–Crippen MR) is 120 cm³/mol. The van der Waals surface area contributed by atoms with E-state index >= 15 is 0 Å². The number of ether oxygens (including phenoxy) is 1. The molecule has 0 saturated heterocycles. The minimum atomic E-state index is -0.831. The number of benzene rings is 3. The van der Waals surface area contributed by atoms with E-state index in [2.05, 4.69) is 15.8 Å². The van der Waals surface area contributed by atoms with Gasteiger partial charge < -0.3 is 10.5 Å². The molecule has 10 heteroatoms. The van der Waals surface area contributed by atoms with Crippen LogP contribution in [-0.4, -0.2) is 18.0 Å². The van der Waals surface area contributed by atoms with Gasteiger partial charge in [-0.05, 0) is 60.7 Å². The van der Waals surface area contributed by atoms with E-state index in [4.69, 9.17) is 38.5 Å². The molecule has 0 aliphatic carbocycles. The molecule has 0 aliphatic heterocycles. The number of hydrogen-bond donors (Lipinski definition) is 3. The molecule has 0 fully saturated rings. The Hall–Kier alpha value is -3.75. The molecule has 8 nitrogen and oxygen atoms in total. The third-order valence-electron chi connectivity index (χ3n) is 3.73. The molecule has 31 heavy (non-hydrogen) atoms. The Morgan fingerprint density at radius 3 is 1.90 bits per heavy atom. The maximum Gasteiger partial charge on any atom is 0.437 e. The molecule has 3 aromatic rings. The number of amides is 2. The summed E-state index contributed by atoms with van der Waals surface area (Å²) in [6, 6.07) is 19.3. The van der Waals surface area contributed by atoms with Gasteiger partial charge in [0, 0.05) is 27.0 Å². The van der Waals surface area contributed by atoms with Crippen molar-refractivity contribution in [1.82, 2.24) is 0 Å². The summed E-state index contributed by atoms with van der Waals surface area (Å²) in [5.41, 5.74) is 7.22. The maximum absolute atomic E-state index is 12.0. The van der Waals surface area contributed by atoms with E-state index in [1.807, 2.05) is 0 Å². The molecule has 0 saturated carbocycles. The molecule has 0 bridgehead atoms. The average molecular weight is 459 g/mol. The number of oxime groups is 1. The smallest absolute Gasteiger partial charge is 0.410 e. The largest absolute Gasteiger partial charge is 0.437 e. The standard InChI is InChI=1S/C21H16Cl2N4O4/c22-14-3-1-5-16(11-14)25-20(28)30-18-9-7-13(8-10-18)19(24)27-31-21(29)26-17-6-2-4-15(23)12-17/h1-12H,(H2,24,27)(H,25,28)(H,26,29). The minimum Gasteiger partial charge on any atom is -0.410 e. The number of hydrogen-bond acceptors (Lipinski definition) is 5. The third-order valence-corrected chi connectivity index (χ3v) is 4.20. The van der Waals surface area contributed by atoms with E-state index in [1.54, 1.807) is 60.7 Å². The number of carbonyl (C=O) groups is 2. The van der Waals surface area contributed by atoms with Crippen molar-refractivity contribution in [1.29, 1.82) is 0 Å². The van der Waals surface area contributed by atoms with Gasteiger partial charge in [-0.3, -0.25) is 15.5 Å². The van der Waals surface area contributed by atoms with Crippen molar-refractivity contribution in [3.05, 3.63) is 88.4 Å². The van der Waals surface area contributed by atoms with Crippen molar-refractivity contribution in [3.8, 4) is 5.75 Å². The van der Waals surface area contributed by atoms with E-state index < -0.39 is 12.2 Å². The van der Waals surface area contributed by atoms with Crippen LogP contribution in [0.1, 0.15) is 5.56 Å². The topological polar surface area (TPSA) is 115 Å². The quantitative estimate of drug-likeness (QED) is 0.203. The Balaban J connectivity index is 1.53. The number of rotatable bonds is 5. The number of carbonyl (C=O) groups excluding carboxylic acids is 2. The summed E-state index contributed by atoms with van der Waals surface area (Å²) in [6.07, 6.45) is -1.51. The zero-order chi connectivity index (χ0) is 22.2. The summed E-state index contributed by atoms with van der Waals surface area (Å²) >= 11 is 11.7. The first-order chi connectivity index (χ1) is 14.9. The summed E-state index contributed by atoms with van der Waals surface area (Å²) in [7, 11) is 0. The minimum absolute atomic E-state index is 0.0452. The number of halogens is 2. The van der Waals surface area contributed by atoms with Gasteiger partial charge in [-0.25, -0.2) is 9.59 Å². The molecule has 0 radical (unpaired) electrons. The number of nitrogens with two attached hydrogens (primary N) is 1. The normalized spacial score (nSPS) is 10.8. The van der Waals surface area contributed by atoms with Crippen molar-refractivity contribution in [2.75, 3.05) is 10.6 Å². The molecule has 2 amide bonds. The first-order valence-corrected chi connectivity index (χ1v) is 9.56. The maximum atomic E-state index is 12.0. The van der Waals surface area contributed by atoms with E-state index in [-0.39, 0.29) is 11.6 Å². The van der Waals surface area contributed by atoms with Gasteiger partial charge >= 0.3 is 12.2 Å². The van der Waals surface area contributed by atoms with Crippen LogP contribution in [-0.2, 0) is 4.84 Å². The van der Waals surface area contributed by atoms with Gasteiger partial charge in [0.05, 0.1) is 0 Å². The van der Waals surface area contributed by atoms with Crippen LogP contribution in [0.25, 0.3) is 0 Å². The molecule has 4 N–H and O–H groups in total. The van der Waals surface area contributed by atoms with E-state index in [0.29, 0.717) is 27.0 Å². The van der Waals surface area contributed by atoms with E-state index in [0.717, 1.165) is 0 Å². The molecule has 3 rings (SSSR count). The SMILES string of the molecule is N/C(=N\OC(=O)Nc1cccc(Cl)c1)c1ccc(OC(=O)Nc2cccc(Cl)c2)cc1. The van der Waals surface area contributed by atoms with Crippen molar-refractivity contribution in [2.45, 2.75) is 0 Å². The van der Waals surface area contributed by atoms with Crippen LogP contribution in [0, 0.1) is 0 Å². The molecular weight excluding hydrogens is 443 g/mol. The molecule has 0 aliphatic rings. The Morgan fingerprint density at radius 2 is 1.35 bits per heavy atom. The van der Waals surface area contributed by atoms with Gasteiger partial charge in [-0.2, -0.15) is 0 Å². The second kappa shape index (κ2) is 10.3. The van der Waals surface area contributed by atoms with Gasteiger partial charge in [-0.1, -0.05) is 40.5 Å². The Labute approximate surface area is 187 Å². The zero-order valence-electron chi connectivity index (χ0n) is 15.8. The first kappa shape index (κ1) is 21.9. The summed E-state index contributed by atoms with van der Waals surface area (Å²) in [5, 5.41) is 9.55. The predicted octanol–water partition coefficient (Wildman–Crippen LogP) is 5.47. The molecular formula is C21H16Cl2N4O4. The van der Waals surface area contributed by atoms with Gasteiger partial charge in [0.2, 0.25) is 0 Å². The Morgan fingerprint density at radius 1 is 0.806 bits per heavy atom. The molecule has 0 heterocycles. The summed E-state index contributed by atoms with van der Waals surface area (Å²) in [5.74, 6) is 0.229. The van der Waals surface area contributed by atoms with Gasteiger partial charge in [0.15, 0.2) is 5.84 Å². The van der Waals surface area contributed by atoms with Crippen LogP contribution in [0.5, 0.6) is 5.75 Å². The van der Waals surface area contributed by atoms with Gasteiger partial charge in [-0.15, -0.1) is 0 Å². The van der Waals surface area contributed by atoms with Crippen LogP contribution in [0.4, 0.5) is 21.0 Å². The van der Waals surface area contributed by atoms with E-state index in [1.165, 1.54) is 12.1 Å². The van der Waals surface area contributed by atoms with Crippen molar-refractivity contribution in [2.24, 2.45) is 10.9 Å². The summed E-state index contributed by atoms with van der Waals surface area (Å²) < 4.78 is 5.19. The third kappa shape index (κ3) is 6.91. The second-order valence-corrected chi connectivity index (χ2v) is 6.91. The van der Waals surface area contributed by atoms with Gasteiger partial charge in [0.25, 0.3) is 0 Å². The molecule has 3 aromatic carbocycles. The van der Waals surface area contributed by atoms with Crippen molar-refractivity contribution in [3.63, 3.8) is 0 Å². The highest BCUT2D eigenvalue weighted by Crippen LogP contribution is 2.17. The number of nitrogens with one attached hydrogen (secondary N) is 2. The highest BCUT2D eigenvalue weighted by molar-refractivity contribution is 6.31. The van der Waals surface area contributed by atoms with Crippen LogP contribution in [0.15, 0.2) is 78.0 Å². The monoisotopic (exact) mass is 458 g/mol. The first-order valence-electron chi connectivity index (χ1n) is 8.81. The average Bonchev–Trinajstić information content (AvgIpc) is 2.72. The Bertz CT molecular complexity index is 1120. The fraction of sp³-hybridized carbons (Fsp3) is 0. The molecule has 0 atom stereocenters. The van der Waals surface area contributed by atoms with Crippen LogP contribution in [0.2, 0.25) is 10.0 Å². The number of amidine groups is 1. The highest BCUT2D eigenvalue weighted by atomic mass is 35.5. The van der Waals surface area contributed by atoms with Crippen LogP contribution in [0.3, 0.4) is 0 Å². The van der Waals surface area contributed by atoms with E-state index in [9.17, 15) is 9.59 Å². The number of anilines is 2. The lowest BCUT2D eigenvalue weighted by molar-refractivity contribution is 0.166. The lowest BCUT2D eigenvalue weighted by atomic mass is 10.2. The second-order valence-electron chi connectivity index (χ2n) is 6.04. The highest BCUT2D eigenvalue weighted by Gasteiger charge is 2.08. The van der Waals surface area contributed by atoms with Gasteiger partial charge in [0.1, 0.15) is 5.75 Å². The van der Waals surface area contributed by atoms with Crippen LogP contribution >= 0.6 is 23.2 Å². The molecule has 0 unspecified atom stereocenters. The van der Waals surface area contributed by atoms with Crippen LogP contribution < -0.4 is 21.1 Å². The van der Waals surface area contributed by atoms with Crippen molar-refractivity contribution < 1.29 is 19.2 Å². The number of nitrogens with zero attached hydrogens (tertiary/aromatic N) is 1. The fourth-order valence-corrected chi connectivity index (χ4v) is 2.74. The molecule has 0 aromatic heterocycles. The lowest BCUT2D eigenvalue weighted by Gasteiger charge is -2.08. The lowest BCUT2D eigenvalue weighted by Crippen LogP contribution is -2.18. The zero-order valence-corrected chi connectivity index (χ0v) is 17.4. The Kier molecular flexibility index (Phi) is 7.31. The van der Waals surface area contributed by atoms with Crippen molar-refractivity contribution >= 4 is 52.6 Å². The molecule has 158 valence electrons. The fourth-order valence-electron chi connectivity index (χ4n) is 2.36. The summed E-state index contributed by atoms with van der Waals surface area (Å²) in [6.45, 7) is 0. The summed E-state index contributed by atoms with van der Waals surface area (Å²) in [4.78, 5) is 28.5.